The Labute approximate surface area is 51.0 Å². The smallest absolute Gasteiger partial charge is 0.363 e. The highest BCUT2D eigenvalue weighted by Crippen LogP contribution is 2.15. The molecule has 2 unspecified atom stereocenters. The number of aliphatic hydroxyl groups is 2. The molecule has 0 spiro atoms. The van der Waals surface area contributed by atoms with Crippen molar-refractivity contribution in [3.8, 4) is 0 Å². The van der Waals surface area contributed by atoms with Gasteiger partial charge in [-0.1, -0.05) is 0 Å². The third-order valence-electron chi connectivity index (χ3n) is 0.677. The lowest BCUT2D eigenvalue weighted by atomic mass is 10.6. The van der Waals surface area contributed by atoms with Crippen LogP contribution in [0.25, 0.3) is 0 Å². The Balaban J connectivity index is 2.77. The molecule has 0 bridgehead atoms. The molecule has 0 aliphatic carbocycles. The quantitative estimate of drug-likeness (QED) is 0.418. The Hall–Kier alpha value is -0.210. The molecule has 1 fully saturated rings. The molecule has 1 aliphatic heterocycles. The Morgan fingerprint density at radius 3 is 1.56 bits per heavy atom. The first-order chi connectivity index (χ1) is 4.01. The van der Waals surface area contributed by atoms with Crippen molar-refractivity contribution in [2.45, 2.75) is 12.6 Å². The highest BCUT2D eigenvalue weighted by atomic mass is 32.3. The summed E-state index contributed by atoms with van der Waals surface area (Å²) in [5, 5.41) is 16.7. The van der Waals surface area contributed by atoms with E-state index in [0.29, 0.717) is 0 Å². The van der Waals surface area contributed by atoms with Crippen molar-refractivity contribution in [2.75, 3.05) is 0 Å². The van der Waals surface area contributed by atoms with Gasteiger partial charge >= 0.3 is 10.4 Å². The summed E-state index contributed by atoms with van der Waals surface area (Å²) in [6.45, 7) is 0. The standard InChI is InChI=1S/C2H4O6S/c3-1-2(4)8-9(5,6)7-1/h1-4H. The number of aliphatic hydroxyl groups excluding tert-OH is 2. The van der Waals surface area contributed by atoms with Gasteiger partial charge in [-0.15, -0.1) is 0 Å². The maximum Gasteiger partial charge on any atom is 0.405 e. The van der Waals surface area contributed by atoms with E-state index in [0.717, 1.165) is 0 Å². The van der Waals surface area contributed by atoms with Crippen LogP contribution in [0.3, 0.4) is 0 Å². The van der Waals surface area contributed by atoms with E-state index < -0.39 is 23.0 Å². The molecular weight excluding hydrogens is 152 g/mol. The predicted molar refractivity (Wildman–Crippen MR) is 23.1 cm³/mol. The van der Waals surface area contributed by atoms with Gasteiger partial charge in [-0.25, -0.2) is 8.37 Å². The van der Waals surface area contributed by atoms with Crippen molar-refractivity contribution in [3.05, 3.63) is 0 Å². The largest absolute Gasteiger partial charge is 0.405 e. The normalized spacial score (nSPS) is 41.1. The van der Waals surface area contributed by atoms with Crippen molar-refractivity contribution in [2.24, 2.45) is 0 Å². The molecular formula is C2H4O6S. The van der Waals surface area contributed by atoms with Gasteiger partial charge in [0.25, 0.3) is 0 Å². The minimum Gasteiger partial charge on any atom is -0.363 e. The number of rotatable bonds is 0. The van der Waals surface area contributed by atoms with E-state index >= 15 is 0 Å². The van der Waals surface area contributed by atoms with Gasteiger partial charge in [0, 0.05) is 0 Å². The lowest BCUT2D eigenvalue weighted by molar-refractivity contribution is -0.133. The maximum atomic E-state index is 10.1. The number of hydrogen-bond donors (Lipinski definition) is 2. The molecule has 1 rings (SSSR count). The molecule has 2 atom stereocenters. The van der Waals surface area contributed by atoms with Crippen molar-refractivity contribution in [1.82, 2.24) is 0 Å². The van der Waals surface area contributed by atoms with Gasteiger partial charge in [-0.05, 0) is 0 Å². The molecule has 6 nitrogen and oxygen atoms in total. The topological polar surface area (TPSA) is 93.1 Å². The molecule has 1 aliphatic rings. The Bertz CT molecular complexity index is 177. The second-order valence-corrected chi connectivity index (χ2v) is 2.58. The molecule has 9 heavy (non-hydrogen) atoms. The Kier molecular flexibility index (Phi) is 1.45. The van der Waals surface area contributed by atoms with Gasteiger partial charge in [0.2, 0.25) is 12.6 Å². The second-order valence-electron chi connectivity index (χ2n) is 1.38. The van der Waals surface area contributed by atoms with Crippen LogP contribution in [-0.4, -0.2) is 31.2 Å². The van der Waals surface area contributed by atoms with E-state index in [1.165, 1.54) is 0 Å². The summed E-state index contributed by atoms with van der Waals surface area (Å²) in [5.41, 5.74) is 0. The zero-order chi connectivity index (χ0) is 7.07. The van der Waals surface area contributed by atoms with Crippen molar-refractivity contribution in [3.63, 3.8) is 0 Å². The molecule has 1 saturated heterocycles. The Morgan fingerprint density at radius 1 is 1.11 bits per heavy atom. The Morgan fingerprint density at radius 2 is 1.44 bits per heavy atom. The molecule has 54 valence electrons. The highest BCUT2D eigenvalue weighted by Gasteiger charge is 2.37. The van der Waals surface area contributed by atoms with E-state index in [2.05, 4.69) is 8.37 Å². The van der Waals surface area contributed by atoms with Crippen LogP contribution >= 0.6 is 0 Å². The molecule has 7 heteroatoms. The van der Waals surface area contributed by atoms with Crippen LogP contribution in [0.2, 0.25) is 0 Å². The monoisotopic (exact) mass is 156 g/mol. The van der Waals surface area contributed by atoms with E-state index in [9.17, 15) is 8.42 Å². The van der Waals surface area contributed by atoms with Gasteiger partial charge in [-0.3, -0.25) is 0 Å². The molecule has 0 amide bonds. The fraction of sp³-hybridized carbons (Fsp3) is 1.00. The van der Waals surface area contributed by atoms with E-state index in [4.69, 9.17) is 10.2 Å². The lowest BCUT2D eigenvalue weighted by Gasteiger charge is -1.97. The molecule has 1 heterocycles. The summed E-state index contributed by atoms with van der Waals surface area (Å²) in [5.74, 6) is 0. The van der Waals surface area contributed by atoms with Gasteiger partial charge < -0.3 is 10.2 Å². The van der Waals surface area contributed by atoms with E-state index in [1.54, 1.807) is 0 Å². The zero-order valence-corrected chi connectivity index (χ0v) is 4.91. The van der Waals surface area contributed by atoms with E-state index in [-0.39, 0.29) is 0 Å². The first-order valence-corrected chi connectivity index (χ1v) is 3.32. The molecule has 2 N–H and O–H groups in total. The van der Waals surface area contributed by atoms with Crippen molar-refractivity contribution < 1.29 is 27.0 Å². The lowest BCUT2D eigenvalue weighted by Crippen LogP contribution is -2.20. The molecule has 0 radical (unpaired) electrons. The van der Waals surface area contributed by atoms with Gasteiger partial charge in [0.1, 0.15) is 0 Å². The molecule has 0 aromatic carbocycles. The van der Waals surface area contributed by atoms with Crippen molar-refractivity contribution >= 4 is 10.4 Å². The minimum atomic E-state index is -4.14. The average molecular weight is 156 g/mol. The molecule has 0 aromatic heterocycles. The minimum absolute atomic E-state index is 1.80. The SMILES string of the molecule is O=S1(=O)OC(O)C(O)O1. The van der Waals surface area contributed by atoms with Gasteiger partial charge in [0.15, 0.2) is 0 Å². The van der Waals surface area contributed by atoms with Gasteiger partial charge in [0.05, 0.1) is 0 Å². The summed E-state index contributed by atoms with van der Waals surface area (Å²) < 4.78 is 27.6. The fourth-order valence-electron chi connectivity index (χ4n) is 0.359. The first-order valence-electron chi connectivity index (χ1n) is 1.99. The summed E-state index contributed by atoms with van der Waals surface area (Å²) in [7, 11) is -4.14. The second kappa shape index (κ2) is 1.89. The van der Waals surface area contributed by atoms with Crippen LogP contribution in [0.1, 0.15) is 0 Å². The highest BCUT2D eigenvalue weighted by molar-refractivity contribution is 7.82. The third kappa shape index (κ3) is 1.37. The van der Waals surface area contributed by atoms with Crippen LogP contribution in [0.5, 0.6) is 0 Å². The van der Waals surface area contributed by atoms with Crippen LogP contribution < -0.4 is 0 Å². The number of hydrogen-bond acceptors (Lipinski definition) is 6. The predicted octanol–water partition coefficient (Wildman–Crippen LogP) is -2.09. The van der Waals surface area contributed by atoms with Crippen LogP contribution in [-0.2, 0) is 18.8 Å². The third-order valence-corrected chi connectivity index (χ3v) is 1.54. The summed E-state index contributed by atoms with van der Waals surface area (Å²) in [6.07, 6.45) is -3.59. The average Bonchev–Trinajstić information content (AvgIpc) is 1.79. The van der Waals surface area contributed by atoms with Crippen LogP contribution in [0.4, 0.5) is 0 Å². The maximum absolute atomic E-state index is 10.1. The van der Waals surface area contributed by atoms with Gasteiger partial charge in [-0.2, -0.15) is 8.42 Å². The summed E-state index contributed by atoms with van der Waals surface area (Å²) >= 11 is 0. The summed E-state index contributed by atoms with van der Waals surface area (Å²) in [6, 6.07) is 0. The summed E-state index contributed by atoms with van der Waals surface area (Å²) in [4.78, 5) is 0. The van der Waals surface area contributed by atoms with E-state index in [1.807, 2.05) is 0 Å². The van der Waals surface area contributed by atoms with Crippen LogP contribution in [0.15, 0.2) is 0 Å². The zero-order valence-electron chi connectivity index (χ0n) is 4.09. The first kappa shape index (κ1) is 6.90. The fourth-order valence-corrected chi connectivity index (χ4v) is 1.08. The van der Waals surface area contributed by atoms with Crippen molar-refractivity contribution in [1.29, 1.82) is 0 Å². The molecule has 0 saturated carbocycles. The van der Waals surface area contributed by atoms with Crippen LogP contribution in [0, 0.1) is 0 Å². The molecule has 0 aromatic rings.